The van der Waals surface area contributed by atoms with E-state index >= 15 is 0 Å². The number of nitro benzene ring substituents is 1. The van der Waals surface area contributed by atoms with E-state index in [2.05, 4.69) is 6.92 Å². The molecule has 5 heteroatoms. The van der Waals surface area contributed by atoms with E-state index in [0.29, 0.717) is 6.61 Å². The number of nitro groups is 1. The SMILES string of the molecule is CCCCCCCCCCOC(=O)c1ccccc1[N+](=O)[O-]. The molecule has 0 amide bonds. The van der Waals surface area contributed by atoms with Gasteiger partial charge in [-0.05, 0) is 12.5 Å². The molecule has 122 valence electrons. The Morgan fingerprint density at radius 1 is 1.05 bits per heavy atom. The van der Waals surface area contributed by atoms with E-state index in [1.807, 2.05) is 0 Å². The van der Waals surface area contributed by atoms with Gasteiger partial charge in [-0.3, -0.25) is 10.1 Å². The lowest BCUT2D eigenvalue weighted by Gasteiger charge is -2.05. The van der Waals surface area contributed by atoms with Crippen LogP contribution in [0.5, 0.6) is 0 Å². The summed E-state index contributed by atoms with van der Waals surface area (Å²) in [6.07, 6.45) is 9.31. The minimum Gasteiger partial charge on any atom is -0.462 e. The van der Waals surface area contributed by atoms with E-state index in [1.165, 1.54) is 50.3 Å². The van der Waals surface area contributed by atoms with Crippen molar-refractivity contribution in [3.05, 3.63) is 39.9 Å². The Bertz CT molecular complexity index is 473. The number of ether oxygens (including phenoxy) is 1. The molecule has 0 atom stereocenters. The third-order valence-corrected chi connectivity index (χ3v) is 3.55. The molecule has 1 aromatic carbocycles. The van der Waals surface area contributed by atoms with E-state index in [0.717, 1.165) is 19.3 Å². The molecule has 0 radical (unpaired) electrons. The van der Waals surface area contributed by atoms with Gasteiger partial charge in [0.1, 0.15) is 5.56 Å². The van der Waals surface area contributed by atoms with Gasteiger partial charge < -0.3 is 4.74 Å². The van der Waals surface area contributed by atoms with Crippen LogP contribution in [0.25, 0.3) is 0 Å². The zero-order valence-electron chi connectivity index (χ0n) is 13.3. The number of nitrogens with zero attached hydrogens (tertiary/aromatic N) is 1. The molecular formula is C17H25NO4. The summed E-state index contributed by atoms with van der Waals surface area (Å²) in [6.45, 7) is 2.52. The van der Waals surface area contributed by atoms with Crippen LogP contribution < -0.4 is 0 Å². The number of para-hydroxylation sites is 1. The number of benzene rings is 1. The highest BCUT2D eigenvalue weighted by atomic mass is 16.6. The van der Waals surface area contributed by atoms with E-state index in [4.69, 9.17) is 4.74 Å². The summed E-state index contributed by atoms with van der Waals surface area (Å²) in [5.41, 5.74) is -0.185. The minimum absolute atomic E-state index is 0.0204. The van der Waals surface area contributed by atoms with Gasteiger partial charge in [0, 0.05) is 6.07 Å². The highest BCUT2D eigenvalue weighted by molar-refractivity contribution is 5.93. The predicted octanol–water partition coefficient (Wildman–Crippen LogP) is 4.89. The molecule has 0 bridgehead atoms. The first kappa shape index (κ1) is 18.1. The molecule has 22 heavy (non-hydrogen) atoms. The van der Waals surface area contributed by atoms with Gasteiger partial charge in [0.2, 0.25) is 0 Å². The first-order valence-corrected chi connectivity index (χ1v) is 8.07. The molecular weight excluding hydrogens is 282 g/mol. The maximum atomic E-state index is 11.9. The van der Waals surface area contributed by atoms with Gasteiger partial charge >= 0.3 is 5.97 Å². The van der Waals surface area contributed by atoms with Gasteiger partial charge in [0.25, 0.3) is 5.69 Å². The number of rotatable bonds is 11. The van der Waals surface area contributed by atoms with E-state index in [1.54, 1.807) is 6.07 Å². The topological polar surface area (TPSA) is 69.4 Å². The Labute approximate surface area is 131 Å². The number of unbranched alkanes of at least 4 members (excludes halogenated alkanes) is 7. The van der Waals surface area contributed by atoms with Gasteiger partial charge in [0.15, 0.2) is 0 Å². The van der Waals surface area contributed by atoms with E-state index in [9.17, 15) is 14.9 Å². The molecule has 0 saturated heterocycles. The fourth-order valence-corrected chi connectivity index (χ4v) is 2.28. The number of hydrogen-bond donors (Lipinski definition) is 0. The average Bonchev–Trinajstić information content (AvgIpc) is 2.53. The Hall–Kier alpha value is -1.91. The summed E-state index contributed by atoms with van der Waals surface area (Å²) in [5, 5.41) is 10.8. The van der Waals surface area contributed by atoms with Crippen LogP contribution in [0.3, 0.4) is 0 Å². The highest BCUT2D eigenvalue weighted by Gasteiger charge is 2.20. The summed E-state index contributed by atoms with van der Waals surface area (Å²) < 4.78 is 5.12. The largest absolute Gasteiger partial charge is 0.462 e. The second kappa shape index (κ2) is 10.8. The number of esters is 1. The molecule has 0 unspecified atom stereocenters. The zero-order chi connectivity index (χ0) is 16.2. The van der Waals surface area contributed by atoms with Gasteiger partial charge in [0.05, 0.1) is 11.5 Å². The van der Waals surface area contributed by atoms with Crippen molar-refractivity contribution in [2.24, 2.45) is 0 Å². The fourth-order valence-electron chi connectivity index (χ4n) is 2.28. The number of carbonyl (C=O) groups excluding carboxylic acids is 1. The predicted molar refractivity (Wildman–Crippen MR) is 86.0 cm³/mol. The van der Waals surface area contributed by atoms with Gasteiger partial charge in [-0.2, -0.15) is 0 Å². The zero-order valence-corrected chi connectivity index (χ0v) is 13.3. The molecule has 0 aliphatic rings. The Morgan fingerprint density at radius 3 is 2.27 bits per heavy atom. The Balaban J connectivity index is 2.20. The summed E-state index contributed by atoms with van der Waals surface area (Å²) in [5.74, 6) is -0.616. The maximum Gasteiger partial charge on any atom is 0.345 e. The van der Waals surface area contributed by atoms with Crippen LogP contribution in [-0.4, -0.2) is 17.5 Å². The van der Waals surface area contributed by atoms with Crippen molar-refractivity contribution in [3.63, 3.8) is 0 Å². The molecule has 0 aliphatic heterocycles. The summed E-state index contributed by atoms with van der Waals surface area (Å²) in [6, 6.07) is 5.87. The minimum atomic E-state index is -0.616. The van der Waals surface area contributed by atoms with E-state index < -0.39 is 10.9 Å². The molecule has 0 fully saturated rings. The van der Waals surface area contributed by atoms with Crippen LogP contribution in [0.15, 0.2) is 24.3 Å². The first-order chi connectivity index (χ1) is 10.7. The number of hydrogen-bond acceptors (Lipinski definition) is 4. The molecule has 1 rings (SSSR count). The highest BCUT2D eigenvalue weighted by Crippen LogP contribution is 2.18. The van der Waals surface area contributed by atoms with Crippen LogP contribution in [0, 0.1) is 10.1 Å². The molecule has 1 aromatic rings. The summed E-state index contributed by atoms with van der Waals surface area (Å²) in [4.78, 5) is 22.1. The monoisotopic (exact) mass is 307 g/mol. The van der Waals surface area contributed by atoms with Gasteiger partial charge in [-0.1, -0.05) is 64.0 Å². The second-order valence-corrected chi connectivity index (χ2v) is 5.39. The third-order valence-electron chi connectivity index (χ3n) is 3.55. The van der Waals surface area contributed by atoms with Crippen molar-refractivity contribution in [2.75, 3.05) is 6.61 Å². The van der Waals surface area contributed by atoms with Gasteiger partial charge in [-0.25, -0.2) is 4.79 Å². The van der Waals surface area contributed by atoms with Crippen LogP contribution in [0.2, 0.25) is 0 Å². The Kier molecular flexibility index (Phi) is 8.88. The van der Waals surface area contributed by atoms with Crippen LogP contribution in [0.4, 0.5) is 5.69 Å². The maximum absolute atomic E-state index is 11.9. The second-order valence-electron chi connectivity index (χ2n) is 5.39. The summed E-state index contributed by atoms with van der Waals surface area (Å²) >= 11 is 0. The lowest BCUT2D eigenvalue weighted by Crippen LogP contribution is -2.09. The third kappa shape index (κ3) is 6.70. The average molecular weight is 307 g/mol. The van der Waals surface area contributed by atoms with Crippen LogP contribution >= 0.6 is 0 Å². The van der Waals surface area contributed by atoms with Crippen LogP contribution in [-0.2, 0) is 4.74 Å². The van der Waals surface area contributed by atoms with E-state index in [-0.39, 0.29) is 11.3 Å². The lowest BCUT2D eigenvalue weighted by molar-refractivity contribution is -0.385. The molecule has 0 aliphatic carbocycles. The molecule has 5 nitrogen and oxygen atoms in total. The first-order valence-electron chi connectivity index (χ1n) is 8.07. The van der Waals surface area contributed by atoms with Crippen molar-refractivity contribution in [1.29, 1.82) is 0 Å². The van der Waals surface area contributed by atoms with Crippen molar-refractivity contribution < 1.29 is 14.5 Å². The van der Waals surface area contributed by atoms with Crippen LogP contribution in [0.1, 0.15) is 68.6 Å². The molecule has 0 saturated carbocycles. The number of carbonyl (C=O) groups is 1. The molecule has 0 N–H and O–H groups in total. The van der Waals surface area contributed by atoms with Gasteiger partial charge in [-0.15, -0.1) is 0 Å². The normalized spacial score (nSPS) is 10.4. The lowest BCUT2D eigenvalue weighted by atomic mass is 10.1. The van der Waals surface area contributed by atoms with Crippen molar-refractivity contribution in [2.45, 2.75) is 58.3 Å². The smallest absolute Gasteiger partial charge is 0.345 e. The summed E-state index contributed by atoms with van der Waals surface area (Å²) in [7, 11) is 0. The molecule has 0 aromatic heterocycles. The quantitative estimate of drug-likeness (QED) is 0.252. The molecule has 0 heterocycles. The van der Waals surface area contributed by atoms with Crippen molar-refractivity contribution >= 4 is 11.7 Å². The fraction of sp³-hybridized carbons (Fsp3) is 0.588. The standard InChI is InChI=1S/C17H25NO4/c1-2-3-4-5-6-7-8-11-14-22-17(19)15-12-9-10-13-16(15)18(20)21/h9-10,12-13H,2-8,11,14H2,1H3. The molecule has 0 spiro atoms. The van der Waals surface area contributed by atoms with Crippen molar-refractivity contribution in [1.82, 2.24) is 0 Å². The Morgan fingerprint density at radius 2 is 1.64 bits per heavy atom. The van der Waals surface area contributed by atoms with Crippen molar-refractivity contribution in [3.8, 4) is 0 Å².